The fourth-order valence-corrected chi connectivity index (χ4v) is 2.34. The molecule has 0 atom stereocenters. The van der Waals surface area contributed by atoms with E-state index in [4.69, 9.17) is 17.2 Å². The van der Waals surface area contributed by atoms with Crippen LogP contribution in [0.2, 0.25) is 0 Å². The third-order valence-corrected chi connectivity index (χ3v) is 3.26. The maximum atomic E-state index is 11.1. The highest BCUT2D eigenvalue weighted by atomic mass is 32.2. The van der Waals surface area contributed by atoms with Crippen LogP contribution in [0.4, 0.5) is 0 Å². The average Bonchev–Trinajstić information content (AvgIpc) is 2.15. The van der Waals surface area contributed by atoms with Crippen molar-refractivity contribution in [2.75, 3.05) is 0 Å². The van der Waals surface area contributed by atoms with E-state index in [9.17, 15) is 8.42 Å². The zero-order chi connectivity index (χ0) is 11.1. The fourth-order valence-electron chi connectivity index (χ4n) is 1.45. The molecule has 0 aliphatic rings. The van der Waals surface area contributed by atoms with Crippen LogP contribution < -0.4 is 0 Å². The average molecular weight is 239 g/mol. The molecule has 77 valence electrons. The van der Waals surface area contributed by atoms with E-state index in [1.165, 1.54) is 6.07 Å². The van der Waals surface area contributed by atoms with E-state index < -0.39 is 10.1 Å². The molecular weight excluding hydrogens is 232 g/mol. The smallest absolute Gasteiger partial charge is 0.282 e. The zero-order valence-corrected chi connectivity index (χ0v) is 9.18. The van der Waals surface area contributed by atoms with Crippen LogP contribution in [0.5, 0.6) is 0 Å². The Hall–Kier alpha value is -1.17. The van der Waals surface area contributed by atoms with Gasteiger partial charge >= 0.3 is 0 Å². The molecule has 1 N–H and O–H groups in total. The van der Waals surface area contributed by atoms with Crippen LogP contribution in [0.15, 0.2) is 46.2 Å². The monoisotopic (exact) mass is 239 g/mol. The predicted molar refractivity (Wildman–Crippen MR) is 59.6 cm³/mol. The summed E-state index contributed by atoms with van der Waals surface area (Å²) in [4.78, 5) is 0.435. The molecule has 5 heteroatoms. The first-order valence-corrected chi connectivity index (χ1v) is 6.00. The Balaban J connectivity index is 2.92. The highest BCUT2D eigenvalue weighted by Crippen LogP contribution is 2.25. The fraction of sp³-hybridized carbons (Fsp3) is 0. The summed E-state index contributed by atoms with van der Waals surface area (Å²) >= 11 is 4.95. The van der Waals surface area contributed by atoms with Gasteiger partial charge in [-0.15, -0.1) is 0 Å². The van der Waals surface area contributed by atoms with Crippen molar-refractivity contribution in [2.24, 2.45) is 0 Å². The van der Waals surface area contributed by atoms with Crippen LogP contribution in [-0.2, 0) is 10.1 Å². The molecule has 0 saturated heterocycles. The molecule has 3 nitrogen and oxygen atoms in total. The van der Waals surface area contributed by atoms with Gasteiger partial charge in [0.15, 0.2) is 0 Å². The molecular formula is C10H7O3S2. The Morgan fingerprint density at radius 1 is 1.13 bits per heavy atom. The first-order chi connectivity index (χ1) is 6.98. The van der Waals surface area contributed by atoms with Crippen LogP contribution in [0.25, 0.3) is 10.8 Å². The molecule has 0 amide bonds. The molecule has 1 radical (unpaired) electrons. The maximum absolute atomic E-state index is 11.1. The second kappa shape index (κ2) is 3.44. The second-order valence-corrected chi connectivity index (χ2v) is 4.98. The molecule has 2 rings (SSSR count). The van der Waals surface area contributed by atoms with E-state index >= 15 is 0 Å². The predicted octanol–water partition coefficient (Wildman–Crippen LogP) is 2.64. The third kappa shape index (κ3) is 1.94. The topological polar surface area (TPSA) is 54.4 Å². The lowest BCUT2D eigenvalue weighted by molar-refractivity contribution is 0.484. The summed E-state index contributed by atoms with van der Waals surface area (Å²) in [5.41, 5.74) is 0. The van der Waals surface area contributed by atoms with Crippen molar-refractivity contribution in [3.63, 3.8) is 0 Å². The molecule has 0 bridgehead atoms. The molecule has 0 spiro atoms. The van der Waals surface area contributed by atoms with E-state index in [-0.39, 0.29) is 4.90 Å². The van der Waals surface area contributed by atoms with Gasteiger partial charge in [-0.05, 0) is 23.6 Å². The SMILES string of the molecule is O=S(=O)(O)c1cccc2ccc([S])cc12. The highest BCUT2D eigenvalue weighted by Gasteiger charge is 2.13. The summed E-state index contributed by atoms with van der Waals surface area (Å²) in [5, 5.41) is 1.19. The highest BCUT2D eigenvalue weighted by molar-refractivity contribution is 7.86. The van der Waals surface area contributed by atoms with Crippen LogP contribution in [0.1, 0.15) is 0 Å². The molecule has 2 aromatic rings. The van der Waals surface area contributed by atoms with Gasteiger partial charge in [0, 0.05) is 10.3 Å². The van der Waals surface area contributed by atoms with Crippen molar-refractivity contribution >= 4 is 33.5 Å². The summed E-state index contributed by atoms with van der Waals surface area (Å²) in [6, 6.07) is 9.70. The minimum absolute atomic E-state index is 0.105. The van der Waals surface area contributed by atoms with Crippen LogP contribution in [0, 0.1) is 0 Å². The second-order valence-electron chi connectivity index (χ2n) is 3.11. The summed E-state index contributed by atoms with van der Waals surface area (Å²) in [5.74, 6) is 0. The van der Waals surface area contributed by atoms with Crippen LogP contribution >= 0.6 is 12.6 Å². The summed E-state index contributed by atoms with van der Waals surface area (Å²) in [6.07, 6.45) is 0. The number of fused-ring (bicyclic) bond motifs is 1. The Morgan fingerprint density at radius 3 is 2.53 bits per heavy atom. The van der Waals surface area contributed by atoms with Gasteiger partial charge in [0.05, 0.1) is 0 Å². The van der Waals surface area contributed by atoms with E-state index in [1.807, 2.05) is 0 Å². The molecule has 0 aliphatic carbocycles. The Labute approximate surface area is 92.9 Å². The van der Waals surface area contributed by atoms with Gasteiger partial charge in [0.25, 0.3) is 10.1 Å². The summed E-state index contributed by atoms with van der Waals surface area (Å²) < 4.78 is 31.2. The normalized spacial score (nSPS) is 11.8. The van der Waals surface area contributed by atoms with Gasteiger partial charge in [0.1, 0.15) is 4.90 Å². The van der Waals surface area contributed by atoms with E-state index in [1.54, 1.807) is 30.3 Å². The molecule has 15 heavy (non-hydrogen) atoms. The van der Waals surface area contributed by atoms with Crippen molar-refractivity contribution in [1.29, 1.82) is 0 Å². The minimum atomic E-state index is -4.19. The quantitative estimate of drug-likeness (QED) is 0.778. The zero-order valence-electron chi connectivity index (χ0n) is 7.54. The van der Waals surface area contributed by atoms with E-state index in [2.05, 4.69) is 0 Å². The van der Waals surface area contributed by atoms with Gasteiger partial charge in [-0.1, -0.05) is 30.8 Å². The Bertz CT molecular complexity index is 618. The van der Waals surface area contributed by atoms with Crippen LogP contribution in [-0.4, -0.2) is 13.0 Å². The van der Waals surface area contributed by atoms with E-state index in [0.29, 0.717) is 10.3 Å². The maximum Gasteiger partial charge on any atom is 0.295 e. The van der Waals surface area contributed by atoms with Gasteiger partial charge in [-0.25, -0.2) is 0 Å². The lowest BCUT2D eigenvalue weighted by atomic mass is 10.1. The largest absolute Gasteiger partial charge is 0.295 e. The molecule has 2 aromatic carbocycles. The third-order valence-electron chi connectivity index (χ3n) is 2.09. The standard InChI is InChI=1S/C10H7O3S2/c11-15(12,13)10-3-1-2-7-4-5-8(14)6-9(7)10/h1-6H,(H,11,12,13). The first-order valence-electron chi connectivity index (χ1n) is 4.16. The molecule has 0 heterocycles. The van der Waals surface area contributed by atoms with Gasteiger partial charge in [-0.2, -0.15) is 8.42 Å². The molecule has 0 aromatic heterocycles. The lowest BCUT2D eigenvalue weighted by Crippen LogP contribution is -1.98. The first kappa shape index (κ1) is 10.4. The number of hydrogen-bond acceptors (Lipinski definition) is 2. The van der Waals surface area contributed by atoms with Crippen molar-refractivity contribution < 1.29 is 13.0 Å². The number of hydrogen-bond donors (Lipinski definition) is 1. The Kier molecular flexibility index (Phi) is 2.38. The Morgan fingerprint density at radius 2 is 1.87 bits per heavy atom. The van der Waals surface area contributed by atoms with Gasteiger partial charge in [-0.3, -0.25) is 4.55 Å². The molecule has 0 aliphatic heterocycles. The summed E-state index contributed by atoms with van der Waals surface area (Å²) in [7, 11) is -4.19. The molecule has 0 saturated carbocycles. The van der Waals surface area contributed by atoms with Gasteiger partial charge < -0.3 is 0 Å². The van der Waals surface area contributed by atoms with E-state index in [0.717, 1.165) is 5.39 Å². The minimum Gasteiger partial charge on any atom is -0.282 e. The lowest BCUT2D eigenvalue weighted by Gasteiger charge is -2.03. The van der Waals surface area contributed by atoms with Crippen molar-refractivity contribution in [2.45, 2.75) is 9.79 Å². The van der Waals surface area contributed by atoms with Gasteiger partial charge in [0.2, 0.25) is 0 Å². The number of benzene rings is 2. The van der Waals surface area contributed by atoms with Crippen molar-refractivity contribution in [1.82, 2.24) is 0 Å². The van der Waals surface area contributed by atoms with Crippen LogP contribution in [0.3, 0.4) is 0 Å². The molecule has 0 unspecified atom stereocenters. The molecule has 0 fully saturated rings. The number of rotatable bonds is 1. The van der Waals surface area contributed by atoms with Crippen molar-refractivity contribution in [3.8, 4) is 0 Å². The van der Waals surface area contributed by atoms with Crippen molar-refractivity contribution in [3.05, 3.63) is 36.4 Å². The summed E-state index contributed by atoms with van der Waals surface area (Å²) in [6.45, 7) is 0.